The molecule has 2 heteroatoms. The van der Waals surface area contributed by atoms with E-state index in [0.717, 1.165) is 5.75 Å². The summed E-state index contributed by atoms with van der Waals surface area (Å²) in [4.78, 5) is 0. The number of rotatable bonds is 4. The lowest BCUT2D eigenvalue weighted by atomic mass is 10.1. The van der Waals surface area contributed by atoms with Gasteiger partial charge in [0.25, 0.3) is 0 Å². The summed E-state index contributed by atoms with van der Waals surface area (Å²) in [6, 6.07) is 8.73. The third kappa shape index (κ3) is 2.76. The molecule has 1 rings (SSSR count). The molecular formula is C10H15S2+. The highest BCUT2D eigenvalue weighted by molar-refractivity contribution is 7.97. The number of hydrogen-bond donors (Lipinski definition) is 0. The molecule has 0 spiro atoms. The fourth-order valence-electron chi connectivity index (χ4n) is 1.18. The van der Waals surface area contributed by atoms with Crippen molar-refractivity contribution >= 4 is 23.5 Å². The van der Waals surface area contributed by atoms with Crippen molar-refractivity contribution in [2.45, 2.75) is 11.5 Å². The zero-order chi connectivity index (χ0) is 8.81. The quantitative estimate of drug-likeness (QED) is 0.530. The van der Waals surface area contributed by atoms with E-state index in [1.54, 1.807) is 0 Å². The van der Waals surface area contributed by atoms with Gasteiger partial charge in [-0.3, -0.25) is 0 Å². The van der Waals surface area contributed by atoms with Crippen LogP contribution in [0.25, 0.3) is 0 Å². The molecule has 0 N–H and O–H groups in total. The third-order valence-electron chi connectivity index (χ3n) is 1.75. The van der Waals surface area contributed by atoms with E-state index in [4.69, 9.17) is 0 Å². The third-order valence-corrected chi connectivity index (χ3v) is 3.00. The van der Waals surface area contributed by atoms with Crippen molar-refractivity contribution in [3.8, 4) is 0 Å². The van der Waals surface area contributed by atoms with E-state index in [2.05, 4.69) is 36.8 Å². The van der Waals surface area contributed by atoms with Crippen LogP contribution in [0.5, 0.6) is 0 Å². The average Bonchev–Trinajstić information content (AvgIpc) is 2.09. The molecule has 0 unspecified atom stereocenters. The molecule has 66 valence electrons. The van der Waals surface area contributed by atoms with Crippen molar-refractivity contribution in [2.24, 2.45) is 0 Å². The summed E-state index contributed by atoms with van der Waals surface area (Å²) >= 11 is 3.35. The summed E-state index contributed by atoms with van der Waals surface area (Å²) in [7, 11) is 0. The largest absolute Gasteiger partial charge is 0.161 e. The Morgan fingerprint density at radius 3 is 2.50 bits per heavy atom. The van der Waals surface area contributed by atoms with Crippen molar-refractivity contribution in [2.75, 3.05) is 12.5 Å². The van der Waals surface area contributed by atoms with Gasteiger partial charge in [-0.15, -0.1) is 0 Å². The summed E-state index contributed by atoms with van der Waals surface area (Å²) in [5, 5.41) is 0. The van der Waals surface area contributed by atoms with E-state index in [1.165, 1.54) is 28.6 Å². The Labute approximate surface area is 83.1 Å². The summed E-state index contributed by atoms with van der Waals surface area (Å²) in [6.45, 7) is 0. The molecule has 0 aliphatic heterocycles. The number of thiol groups is 1. The smallest absolute Gasteiger partial charge is 0.131 e. The second-order valence-corrected chi connectivity index (χ2v) is 4.49. The fraction of sp³-hybridized carbons (Fsp3) is 0.400. The SMILES string of the molecule is CSCc1ccccc1C[SH+]C. The maximum Gasteiger partial charge on any atom is 0.131 e. The minimum Gasteiger partial charge on any atom is -0.161 e. The standard InChI is InChI=1S/C10H14S2/c1-11-7-9-5-3-4-6-10(9)8-12-2/h3-6H,7-8H2,1-2H3/p+1. The molecule has 1 aromatic carbocycles. The minimum atomic E-state index is 1.14. The lowest BCUT2D eigenvalue weighted by Gasteiger charge is -2.02. The van der Waals surface area contributed by atoms with Crippen LogP contribution in [0.1, 0.15) is 11.1 Å². The molecule has 1 aromatic rings. The van der Waals surface area contributed by atoms with Gasteiger partial charge in [0.2, 0.25) is 0 Å². The van der Waals surface area contributed by atoms with E-state index >= 15 is 0 Å². The van der Waals surface area contributed by atoms with Crippen molar-refractivity contribution in [1.82, 2.24) is 0 Å². The summed E-state index contributed by atoms with van der Waals surface area (Å²) in [5.74, 6) is 2.34. The molecule has 0 fully saturated rings. The van der Waals surface area contributed by atoms with Crippen molar-refractivity contribution in [3.63, 3.8) is 0 Å². The van der Waals surface area contributed by atoms with Crippen molar-refractivity contribution in [1.29, 1.82) is 0 Å². The Balaban J connectivity index is 2.77. The summed E-state index contributed by atoms with van der Waals surface area (Å²) < 4.78 is 0. The molecule has 0 radical (unpaired) electrons. The zero-order valence-corrected chi connectivity index (χ0v) is 9.29. The van der Waals surface area contributed by atoms with Crippen LogP contribution in [0.15, 0.2) is 24.3 Å². The van der Waals surface area contributed by atoms with E-state index < -0.39 is 0 Å². The molecule has 0 heterocycles. The van der Waals surface area contributed by atoms with Crippen LogP contribution in [0, 0.1) is 0 Å². The first kappa shape index (κ1) is 10.0. The fourth-order valence-corrected chi connectivity index (χ4v) is 2.42. The van der Waals surface area contributed by atoms with Gasteiger partial charge in [-0.05, 0) is 23.6 Å². The predicted octanol–water partition coefficient (Wildman–Crippen LogP) is 2.49. The number of hydrogen-bond acceptors (Lipinski definition) is 1. The molecule has 0 amide bonds. The first-order valence-electron chi connectivity index (χ1n) is 3.99. The Hall–Kier alpha value is -0.0800. The Morgan fingerprint density at radius 1 is 1.25 bits per heavy atom. The number of thioether (sulfide) groups is 1. The topological polar surface area (TPSA) is 0 Å². The Bertz CT molecular complexity index is 208. The van der Waals surface area contributed by atoms with Gasteiger partial charge >= 0.3 is 0 Å². The van der Waals surface area contributed by atoms with Gasteiger partial charge in [0.15, 0.2) is 0 Å². The van der Waals surface area contributed by atoms with Crippen molar-refractivity contribution < 1.29 is 0 Å². The summed E-state index contributed by atoms with van der Waals surface area (Å²) in [6.07, 6.45) is 4.36. The molecular weight excluding hydrogens is 184 g/mol. The maximum absolute atomic E-state index is 2.24. The second kappa shape index (κ2) is 5.55. The predicted molar refractivity (Wildman–Crippen MR) is 62.0 cm³/mol. The second-order valence-electron chi connectivity index (χ2n) is 2.68. The molecule has 0 bridgehead atoms. The molecule has 0 aliphatic carbocycles. The van der Waals surface area contributed by atoms with Gasteiger partial charge in [0.05, 0.1) is 6.26 Å². The van der Waals surface area contributed by atoms with Gasteiger partial charge in [0, 0.05) is 11.3 Å². The van der Waals surface area contributed by atoms with Crippen LogP contribution in [0.3, 0.4) is 0 Å². The molecule has 0 saturated heterocycles. The van der Waals surface area contributed by atoms with Crippen LogP contribution in [-0.4, -0.2) is 12.5 Å². The van der Waals surface area contributed by atoms with Crippen LogP contribution in [-0.2, 0) is 23.3 Å². The highest BCUT2D eigenvalue weighted by Crippen LogP contribution is 2.15. The number of benzene rings is 1. The van der Waals surface area contributed by atoms with Crippen LogP contribution < -0.4 is 0 Å². The molecule has 0 saturated carbocycles. The van der Waals surface area contributed by atoms with Crippen LogP contribution in [0.4, 0.5) is 0 Å². The highest BCUT2D eigenvalue weighted by Gasteiger charge is 2.02. The zero-order valence-electron chi connectivity index (χ0n) is 7.58. The van der Waals surface area contributed by atoms with Gasteiger partial charge in [-0.2, -0.15) is 11.8 Å². The average molecular weight is 199 g/mol. The van der Waals surface area contributed by atoms with Gasteiger partial charge in [-0.1, -0.05) is 24.3 Å². The van der Waals surface area contributed by atoms with Gasteiger partial charge < -0.3 is 0 Å². The minimum absolute atomic E-state index is 1.14. The highest BCUT2D eigenvalue weighted by atomic mass is 32.2. The lowest BCUT2D eigenvalue weighted by molar-refractivity contribution is 1.28. The molecule has 0 nitrogen and oxygen atoms in total. The monoisotopic (exact) mass is 199 g/mol. The Kier molecular flexibility index (Phi) is 4.62. The van der Waals surface area contributed by atoms with Gasteiger partial charge in [-0.25, -0.2) is 0 Å². The van der Waals surface area contributed by atoms with Gasteiger partial charge in [0.1, 0.15) is 5.75 Å². The first-order valence-corrected chi connectivity index (χ1v) is 6.92. The normalized spacial score (nSPS) is 10.2. The Morgan fingerprint density at radius 2 is 1.92 bits per heavy atom. The molecule has 0 aromatic heterocycles. The molecule has 0 atom stereocenters. The molecule has 12 heavy (non-hydrogen) atoms. The van der Waals surface area contributed by atoms with Crippen LogP contribution in [0.2, 0.25) is 0 Å². The van der Waals surface area contributed by atoms with Crippen LogP contribution >= 0.6 is 11.8 Å². The van der Waals surface area contributed by atoms with Crippen molar-refractivity contribution in [3.05, 3.63) is 35.4 Å². The van der Waals surface area contributed by atoms with E-state index in [9.17, 15) is 0 Å². The van der Waals surface area contributed by atoms with E-state index in [1.807, 2.05) is 11.8 Å². The maximum atomic E-state index is 2.24. The van der Waals surface area contributed by atoms with E-state index in [0.29, 0.717) is 0 Å². The molecule has 0 aliphatic rings. The first-order chi connectivity index (χ1) is 5.88. The summed E-state index contributed by atoms with van der Waals surface area (Å²) in [5.41, 5.74) is 3.01. The lowest BCUT2D eigenvalue weighted by Crippen LogP contribution is -1.92. The van der Waals surface area contributed by atoms with E-state index in [-0.39, 0.29) is 0 Å².